The largest absolute Gasteiger partial charge is 0.353 e. The zero-order chi connectivity index (χ0) is 22.5. The molecule has 1 saturated heterocycles. The number of carbonyl (C=O) groups excluding carboxylic acids is 3. The molecule has 0 saturated carbocycles. The zero-order valence-electron chi connectivity index (χ0n) is 17.8. The number of rotatable bonds is 6. The van der Waals surface area contributed by atoms with Crippen LogP contribution in [0.1, 0.15) is 41.6 Å². The summed E-state index contributed by atoms with van der Waals surface area (Å²) < 4.78 is 13.0. The van der Waals surface area contributed by atoms with E-state index < -0.39 is 6.04 Å². The van der Waals surface area contributed by atoms with Crippen molar-refractivity contribution in [1.82, 2.24) is 15.5 Å². The summed E-state index contributed by atoms with van der Waals surface area (Å²) in [5.74, 6) is -0.991. The van der Waals surface area contributed by atoms with Crippen molar-refractivity contribution in [1.29, 1.82) is 0 Å². The van der Waals surface area contributed by atoms with Crippen molar-refractivity contribution >= 4 is 23.4 Å². The number of nitrogens with one attached hydrogen (secondary N) is 3. The maximum atomic E-state index is 13.0. The van der Waals surface area contributed by atoms with Crippen LogP contribution in [0.2, 0.25) is 0 Å². The molecule has 8 heteroatoms. The van der Waals surface area contributed by atoms with Crippen LogP contribution in [0.25, 0.3) is 0 Å². The number of fused-ring (bicyclic) bond motifs is 1. The van der Waals surface area contributed by atoms with Crippen molar-refractivity contribution in [2.45, 2.75) is 44.3 Å². The van der Waals surface area contributed by atoms with E-state index in [4.69, 9.17) is 0 Å². The average molecular weight is 439 g/mol. The van der Waals surface area contributed by atoms with Gasteiger partial charge < -0.3 is 16.0 Å². The van der Waals surface area contributed by atoms with E-state index in [-0.39, 0.29) is 42.4 Å². The molecule has 0 bridgehead atoms. The summed E-state index contributed by atoms with van der Waals surface area (Å²) >= 11 is 0. The molecule has 0 spiro atoms. The second-order valence-corrected chi connectivity index (χ2v) is 8.34. The molecule has 7 nitrogen and oxygen atoms in total. The van der Waals surface area contributed by atoms with Crippen LogP contribution >= 0.6 is 0 Å². The molecule has 3 N–H and O–H groups in total. The van der Waals surface area contributed by atoms with Gasteiger partial charge in [0.05, 0.1) is 11.3 Å². The first-order valence-corrected chi connectivity index (χ1v) is 10.9. The van der Waals surface area contributed by atoms with Gasteiger partial charge in [0.1, 0.15) is 11.9 Å². The highest BCUT2D eigenvalue weighted by Crippen LogP contribution is 2.19. The maximum Gasteiger partial charge on any atom is 0.254 e. The van der Waals surface area contributed by atoms with E-state index in [1.54, 1.807) is 36.4 Å². The molecule has 2 aliphatic rings. The van der Waals surface area contributed by atoms with E-state index in [0.29, 0.717) is 11.3 Å². The fraction of sp³-hybridized carbons (Fsp3) is 0.375. The van der Waals surface area contributed by atoms with Gasteiger partial charge in [-0.1, -0.05) is 24.3 Å². The van der Waals surface area contributed by atoms with E-state index in [2.05, 4.69) is 20.9 Å². The quantitative estimate of drug-likeness (QED) is 0.646. The first-order valence-electron chi connectivity index (χ1n) is 10.9. The van der Waals surface area contributed by atoms with Gasteiger partial charge >= 0.3 is 0 Å². The Morgan fingerprint density at radius 1 is 1.06 bits per heavy atom. The van der Waals surface area contributed by atoms with Crippen molar-refractivity contribution < 1.29 is 18.8 Å². The molecular weight excluding hydrogens is 411 g/mol. The summed E-state index contributed by atoms with van der Waals surface area (Å²) in [7, 11) is 0. The smallest absolute Gasteiger partial charge is 0.254 e. The van der Waals surface area contributed by atoms with Crippen molar-refractivity contribution in [3.8, 4) is 0 Å². The van der Waals surface area contributed by atoms with Crippen LogP contribution in [0.4, 0.5) is 10.1 Å². The van der Waals surface area contributed by atoms with Gasteiger partial charge in [-0.3, -0.25) is 19.3 Å². The predicted octanol–water partition coefficient (Wildman–Crippen LogP) is 2.44. The monoisotopic (exact) mass is 438 g/mol. The molecule has 2 aromatic carbocycles. The Balaban J connectivity index is 1.21. The Labute approximate surface area is 186 Å². The molecule has 1 atom stereocenters. The number of amides is 3. The molecule has 168 valence electrons. The van der Waals surface area contributed by atoms with E-state index in [1.165, 1.54) is 12.1 Å². The van der Waals surface area contributed by atoms with Crippen molar-refractivity contribution in [3.05, 3.63) is 65.5 Å². The minimum atomic E-state index is -0.752. The second-order valence-electron chi connectivity index (χ2n) is 8.34. The number of carbonyl (C=O) groups is 3. The Morgan fingerprint density at radius 3 is 2.53 bits per heavy atom. The number of nitrogens with zero attached hydrogens (tertiary/aromatic N) is 1. The number of benzene rings is 2. The van der Waals surface area contributed by atoms with Crippen molar-refractivity contribution in [3.63, 3.8) is 0 Å². The third-order valence-corrected chi connectivity index (χ3v) is 5.98. The van der Waals surface area contributed by atoms with Gasteiger partial charge in [-0.05, 0) is 49.1 Å². The van der Waals surface area contributed by atoms with Crippen molar-refractivity contribution in [2.24, 2.45) is 0 Å². The molecule has 2 aliphatic heterocycles. The summed E-state index contributed by atoms with van der Waals surface area (Å²) in [6, 6.07) is 12.7. The number of halogens is 1. The zero-order valence-corrected chi connectivity index (χ0v) is 17.8. The topological polar surface area (TPSA) is 90.5 Å². The molecule has 0 aliphatic carbocycles. The molecule has 0 aromatic heterocycles. The Morgan fingerprint density at radius 2 is 1.78 bits per heavy atom. The highest BCUT2D eigenvalue weighted by Gasteiger charge is 2.28. The van der Waals surface area contributed by atoms with Crippen LogP contribution in [0.15, 0.2) is 48.5 Å². The highest BCUT2D eigenvalue weighted by atomic mass is 19.1. The lowest BCUT2D eigenvalue weighted by Gasteiger charge is -2.32. The van der Waals surface area contributed by atoms with Gasteiger partial charge in [0.2, 0.25) is 11.8 Å². The summed E-state index contributed by atoms with van der Waals surface area (Å²) in [6.45, 7) is 2.46. The molecule has 2 aromatic rings. The summed E-state index contributed by atoms with van der Waals surface area (Å²) in [4.78, 5) is 39.6. The van der Waals surface area contributed by atoms with Crippen LogP contribution in [0.3, 0.4) is 0 Å². The molecule has 1 unspecified atom stereocenters. The number of likely N-dealkylation sites (tertiary alicyclic amines) is 1. The van der Waals surface area contributed by atoms with Gasteiger partial charge in [0, 0.05) is 32.1 Å². The standard InChI is InChI=1S/C24H27FN4O3/c25-17-7-5-16(6-8-17)15-29-13-11-18(12-14-29)26-22(30)10-9-21-24(32)27-20-4-2-1-3-19(20)23(31)28-21/h1-8,18,21H,9-15H2,(H,26,30)(H,27,32)(H,28,31). The highest BCUT2D eigenvalue weighted by molar-refractivity contribution is 6.09. The van der Waals surface area contributed by atoms with Gasteiger partial charge in [-0.15, -0.1) is 0 Å². The number of anilines is 1. The SMILES string of the molecule is O=C(CCC1NC(=O)c2ccccc2NC1=O)NC1CCN(Cc2ccc(F)cc2)CC1. The van der Waals surface area contributed by atoms with Gasteiger partial charge in [-0.2, -0.15) is 0 Å². The maximum absolute atomic E-state index is 13.0. The van der Waals surface area contributed by atoms with Crippen LogP contribution in [0.5, 0.6) is 0 Å². The lowest BCUT2D eigenvalue weighted by atomic mass is 10.0. The van der Waals surface area contributed by atoms with Gasteiger partial charge in [0.25, 0.3) is 5.91 Å². The van der Waals surface area contributed by atoms with Crippen LogP contribution in [0, 0.1) is 5.82 Å². The fourth-order valence-electron chi connectivity index (χ4n) is 4.17. The van der Waals surface area contributed by atoms with Crippen LogP contribution in [-0.2, 0) is 16.1 Å². The third kappa shape index (κ3) is 5.50. The number of hydrogen-bond acceptors (Lipinski definition) is 4. The summed E-state index contributed by atoms with van der Waals surface area (Å²) in [5, 5.41) is 8.52. The number of para-hydroxylation sites is 1. The van der Waals surface area contributed by atoms with Gasteiger partial charge in [0.15, 0.2) is 0 Å². The molecule has 4 rings (SSSR count). The molecular formula is C24H27FN4O3. The summed E-state index contributed by atoms with van der Waals surface area (Å²) in [5.41, 5.74) is 1.97. The van der Waals surface area contributed by atoms with E-state index in [1.807, 2.05) is 0 Å². The third-order valence-electron chi connectivity index (χ3n) is 5.98. The van der Waals surface area contributed by atoms with Crippen LogP contribution in [-0.4, -0.2) is 47.8 Å². The van der Waals surface area contributed by atoms with Gasteiger partial charge in [-0.25, -0.2) is 4.39 Å². The first kappa shape index (κ1) is 22.0. The molecule has 1 fully saturated rings. The number of piperidine rings is 1. The Bertz CT molecular complexity index is 987. The first-order chi connectivity index (χ1) is 15.5. The lowest BCUT2D eigenvalue weighted by molar-refractivity contribution is -0.122. The Kier molecular flexibility index (Phi) is 6.80. The van der Waals surface area contributed by atoms with E-state index in [9.17, 15) is 18.8 Å². The summed E-state index contributed by atoms with van der Waals surface area (Å²) in [6.07, 6.45) is 2.07. The second kappa shape index (κ2) is 9.91. The van der Waals surface area contributed by atoms with E-state index in [0.717, 1.165) is 38.0 Å². The molecule has 0 radical (unpaired) electrons. The van der Waals surface area contributed by atoms with E-state index >= 15 is 0 Å². The lowest BCUT2D eigenvalue weighted by Crippen LogP contribution is -2.45. The minimum Gasteiger partial charge on any atom is -0.353 e. The average Bonchev–Trinajstić information content (AvgIpc) is 2.91. The fourth-order valence-corrected chi connectivity index (χ4v) is 4.17. The molecule has 32 heavy (non-hydrogen) atoms. The van der Waals surface area contributed by atoms with Crippen LogP contribution < -0.4 is 16.0 Å². The Hall–Kier alpha value is -3.26. The predicted molar refractivity (Wildman–Crippen MR) is 118 cm³/mol. The normalized spacial score (nSPS) is 19.5. The molecule has 3 amide bonds. The number of hydrogen-bond donors (Lipinski definition) is 3. The molecule has 2 heterocycles. The minimum absolute atomic E-state index is 0.0915. The van der Waals surface area contributed by atoms with Crippen molar-refractivity contribution in [2.75, 3.05) is 18.4 Å².